The van der Waals surface area contributed by atoms with E-state index in [1.165, 1.54) is 28.4 Å². The second-order valence-electron chi connectivity index (χ2n) is 3.28. The van der Waals surface area contributed by atoms with Crippen LogP contribution in [-0.4, -0.2) is 69.7 Å². The van der Waals surface area contributed by atoms with Gasteiger partial charge in [0.2, 0.25) is 0 Å². The molecular formula is C9H20N2O7. The number of nitrogens with one attached hydrogen (secondary N) is 2. The van der Waals surface area contributed by atoms with Crippen LogP contribution in [-0.2, 0) is 18.9 Å². The fraction of sp³-hybridized carbons (Fsp3) is 0.889. The molecule has 0 saturated heterocycles. The van der Waals surface area contributed by atoms with Gasteiger partial charge in [-0.25, -0.2) is 4.79 Å². The summed E-state index contributed by atoms with van der Waals surface area (Å²) in [6.07, 6.45) is 0. The summed E-state index contributed by atoms with van der Waals surface area (Å²) in [6, 6.07) is -0.671. The third-order valence-corrected chi connectivity index (χ3v) is 2.22. The summed E-state index contributed by atoms with van der Waals surface area (Å²) in [6.45, 7) is -0.603. The van der Waals surface area contributed by atoms with E-state index in [9.17, 15) is 15.0 Å². The highest BCUT2D eigenvalue weighted by Crippen LogP contribution is 2.05. The van der Waals surface area contributed by atoms with Crippen molar-refractivity contribution >= 4 is 6.03 Å². The zero-order valence-electron chi connectivity index (χ0n) is 10.8. The Morgan fingerprint density at radius 1 is 0.889 bits per heavy atom. The van der Waals surface area contributed by atoms with Crippen LogP contribution in [0.1, 0.15) is 0 Å². The second kappa shape index (κ2) is 7.46. The minimum atomic E-state index is -1.91. The molecule has 0 aromatic rings. The maximum Gasteiger partial charge on any atom is 0.315 e. The zero-order chi connectivity index (χ0) is 14.2. The Balaban J connectivity index is 4.06. The molecule has 0 fully saturated rings. The third kappa shape index (κ3) is 5.58. The fourth-order valence-corrected chi connectivity index (χ4v) is 0.902. The lowest BCUT2D eigenvalue weighted by molar-refractivity contribution is -0.335. The zero-order valence-corrected chi connectivity index (χ0v) is 10.8. The summed E-state index contributed by atoms with van der Waals surface area (Å²) >= 11 is 0. The first-order valence-corrected chi connectivity index (χ1v) is 5.02. The van der Waals surface area contributed by atoms with Crippen molar-refractivity contribution in [3.05, 3.63) is 0 Å². The molecule has 0 aliphatic heterocycles. The van der Waals surface area contributed by atoms with Crippen molar-refractivity contribution in [1.29, 1.82) is 0 Å². The highest BCUT2D eigenvalue weighted by molar-refractivity contribution is 5.73. The van der Waals surface area contributed by atoms with Crippen LogP contribution in [0.4, 0.5) is 4.79 Å². The van der Waals surface area contributed by atoms with E-state index in [0.717, 1.165) is 0 Å². The van der Waals surface area contributed by atoms with Gasteiger partial charge in [0, 0.05) is 28.4 Å². The van der Waals surface area contributed by atoms with Gasteiger partial charge in [0.15, 0.2) is 0 Å². The van der Waals surface area contributed by atoms with Crippen molar-refractivity contribution in [2.24, 2.45) is 0 Å². The molecule has 0 unspecified atom stereocenters. The Morgan fingerprint density at radius 3 is 1.39 bits per heavy atom. The van der Waals surface area contributed by atoms with Gasteiger partial charge in [-0.05, 0) is 0 Å². The second-order valence-corrected chi connectivity index (χ2v) is 3.28. The molecule has 0 aliphatic carbocycles. The molecule has 0 aromatic heterocycles. The molecule has 2 amide bonds. The predicted molar refractivity (Wildman–Crippen MR) is 59.3 cm³/mol. The highest BCUT2D eigenvalue weighted by atomic mass is 16.8. The van der Waals surface area contributed by atoms with Crippen molar-refractivity contribution in [3.8, 4) is 0 Å². The third-order valence-electron chi connectivity index (χ3n) is 2.22. The lowest BCUT2D eigenvalue weighted by Crippen LogP contribution is -2.52. The number of aliphatic hydroxyl groups is 2. The van der Waals surface area contributed by atoms with Crippen molar-refractivity contribution in [2.75, 3.05) is 41.5 Å². The standard InChI is InChI=1S/C9H20N2O7/c1-15-8(13,16-2)5-10-7(12)11-6-9(14,17-3)18-4/h13-14H,5-6H2,1-4H3,(H2,10,11,12). The summed E-state index contributed by atoms with van der Waals surface area (Å²) in [5.41, 5.74) is 0. The van der Waals surface area contributed by atoms with Gasteiger partial charge < -0.3 is 39.8 Å². The van der Waals surface area contributed by atoms with Gasteiger partial charge in [0.25, 0.3) is 11.9 Å². The van der Waals surface area contributed by atoms with Crippen LogP contribution in [0.2, 0.25) is 0 Å². The Morgan fingerprint density at radius 2 is 1.17 bits per heavy atom. The molecule has 9 nitrogen and oxygen atoms in total. The van der Waals surface area contributed by atoms with Gasteiger partial charge in [0.05, 0.1) is 0 Å². The van der Waals surface area contributed by atoms with E-state index >= 15 is 0 Å². The van der Waals surface area contributed by atoms with Crippen molar-refractivity contribution in [2.45, 2.75) is 11.9 Å². The van der Waals surface area contributed by atoms with Gasteiger partial charge in [-0.1, -0.05) is 0 Å². The van der Waals surface area contributed by atoms with E-state index < -0.39 is 18.0 Å². The SMILES string of the molecule is COC(O)(CNC(=O)NCC(O)(OC)OC)OC. The maximum atomic E-state index is 11.3. The molecule has 0 bridgehead atoms. The van der Waals surface area contributed by atoms with Crippen LogP contribution >= 0.6 is 0 Å². The molecule has 0 atom stereocenters. The number of methoxy groups -OCH3 is 4. The summed E-state index contributed by atoms with van der Waals surface area (Å²) in [4.78, 5) is 11.3. The Bertz CT molecular complexity index is 229. The molecule has 18 heavy (non-hydrogen) atoms. The average Bonchev–Trinajstić information content (AvgIpc) is 2.42. The summed E-state index contributed by atoms with van der Waals surface area (Å²) in [5.74, 6) is -3.81. The monoisotopic (exact) mass is 268 g/mol. The van der Waals surface area contributed by atoms with E-state index in [2.05, 4.69) is 29.6 Å². The first kappa shape index (κ1) is 17.0. The van der Waals surface area contributed by atoms with Crippen LogP contribution in [0, 0.1) is 0 Å². The largest absolute Gasteiger partial charge is 0.342 e. The van der Waals surface area contributed by atoms with Gasteiger partial charge in [-0.2, -0.15) is 0 Å². The smallest absolute Gasteiger partial charge is 0.315 e. The Hall–Kier alpha value is -0.970. The van der Waals surface area contributed by atoms with Crippen molar-refractivity contribution < 1.29 is 34.0 Å². The molecule has 9 heteroatoms. The van der Waals surface area contributed by atoms with Gasteiger partial charge in [0.1, 0.15) is 13.1 Å². The molecular weight excluding hydrogens is 248 g/mol. The minimum Gasteiger partial charge on any atom is -0.342 e. The molecule has 0 aliphatic rings. The molecule has 0 saturated carbocycles. The maximum absolute atomic E-state index is 11.3. The molecule has 0 heterocycles. The van der Waals surface area contributed by atoms with Gasteiger partial charge >= 0.3 is 6.03 Å². The molecule has 4 N–H and O–H groups in total. The topological polar surface area (TPSA) is 119 Å². The van der Waals surface area contributed by atoms with Gasteiger partial charge in [-0.15, -0.1) is 0 Å². The van der Waals surface area contributed by atoms with E-state index in [1.54, 1.807) is 0 Å². The molecule has 0 spiro atoms. The van der Waals surface area contributed by atoms with Crippen molar-refractivity contribution in [3.63, 3.8) is 0 Å². The molecule has 108 valence electrons. The quantitative estimate of drug-likeness (QED) is 0.382. The number of hydrogen-bond donors (Lipinski definition) is 4. The van der Waals surface area contributed by atoms with Crippen molar-refractivity contribution in [1.82, 2.24) is 10.6 Å². The Kier molecular flexibility index (Phi) is 7.06. The van der Waals surface area contributed by atoms with Crippen LogP contribution in [0.25, 0.3) is 0 Å². The normalized spacial score (nSPS) is 12.3. The van der Waals surface area contributed by atoms with E-state index in [-0.39, 0.29) is 13.1 Å². The molecule has 0 radical (unpaired) electrons. The predicted octanol–water partition coefficient (Wildman–Crippen LogP) is -1.84. The highest BCUT2D eigenvalue weighted by Gasteiger charge is 2.29. The molecule has 0 aromatic carbocycles. The van der Waals surface area contributed by atoms with Gasteiger partial charge in [-0.3, -0.25) is 0 Å². The summed E-state index contributed by atoms with van der Waals surface area (Å²) in [5, 5.41) is 23.6. The summed E-state index contributed by atoms with van der Waals surface area (Å²) < 4.78 is 18.5. The first-order valence-electron chi connectivity index (χ1n) is 5.02. The summed E-state index contributed by atoms with van der Waals surface area (Å²) in [7, 11) is 4.88. The van der Waals surface area contributed by atoms with Crippen LogP contribution < -0.4 is 10.6 Å². The number of amides is 2. The first-order chi connectivity index (χ1) is 8.34. The number of rotatable bonds is 8. The number of ether oxygens (including phenoxy) is 4. The van der Waals surface area contributed by atoms with Crippen LogP contribution in [0.5, 0.6) is 0 Å². The van der Waals surface area contributed by atoms with E-state index in [1.807, 2.05) is 0 Å². The lowest BCUT2D eigenvalue weighted by Gasteiger charge is -2.26. The fourth-order valence-electron chi connectivity index (χ4n) is 0.902. The van der Waals surface area contributed by atoms with E-state index in [4.69, 9.17) is 0 Å². The minimum absolute atomic E-state index is 0.301. The number of carbonyl (C=O) groups is 1. The lowest BCUT2D eigenvalue weighted by atomic mass is 10.5. The molecule has 0 rings (SSSR count). The van der Waals surface area contributed by atoms with Crippen LogP contribution in [0.3, 0.4) is 0 Å². The Labute approximate surface area is 105 Å². The average molecular weight is 268 g/mol. The number of urea groups is 1. The van der Waals surface area contributed by atoms with E-state index in [0.29, 0.717) is 0 Å². The number of carbonyl (C=O) groups excluding carboxylic acids is 1. The number of hydrogen-bond acceptors (Lipinski definition) is 7. The van der Waals surface area contributed by atoms with Crippen LogP contribution in [0.15, 0.2) is 0 Å².